The van der Waals surface area contributed by atoms with Gasteiger partial charge in [0.05, 0.1) is 7.11 Å². The Morgan fingerprint density at radius 3 is 2.68 bits per heavy atom. The van der Waals surface area contributed by atoms with Crippen LogP contribution in [0.5, 0.6) is 5.75 Å². The fourth-order valence-electron chi connectivity index (χ4n) is 2.48. The summed E-state index contributed by atoms with van der Waals surface area (Å²) in [5.41, 5.74) is 9.36. The summed E-state index contributed by atoms with van der Waals surface area (Å²) in [6.07, 6.45) is 2.08. The number of benzene rings is 1. The molecule has 108 valence electrons. The number of aryl methyl sites for hydroxylation is 2. The molecule has 19 heavy (non-hydrogen) atoms. The Bertz CT molecular complexity index is 391. The Morgan fingerprint density at radius 1 is 1.32 bits per heavy atom. The molecule has 1 rings (SSSR count). The molecule has 0 fully saturated rings. The van der Waals surface area contributed by atoms with Crippen LogP contribution in [-0.2, 0) is 6.42 Å². The van der Waals surface area contributed by atoms with Gasteiger partial charge in [0.25, 0.3) is 0 Å². The lowest BCUT2D eigenvalue weighted by molar-refractivity contribution is 0.405. The second kappa shape index (κ2) is 8.18. The molecule has 0 spiro atoms. The lowest BCUT2D eigenvalue weighted by Gasteiger charge is -2.14. The van der Waals surface area contributed by atoms with E-state index in [4.69, 9.17) is 10.5 Å². The van der Waals surface area contributed by atoms with Crippen molar-refractivity contribution in [1.29, 1.82) is 0 Å². The van der Waals surface area contributed by atoms with Gasteiger partial charge >= 0.3 is 0 Å². The summed E-state index contributed by atoms with van der Waals surface area (Å²) in [6, 6.07) is 4.38. The molecule has 1 aromatic rings. The molecule has 3 heteroatoms. The van der Waals surface area contributed by atoms with Crippen LogP contribution in [0.1, 0.15) is 30.0 Å². The molecule has 3 nitrogen and oxygen atoms in total. The van der Waals surface area contributed by atoms with Crippen LogP contribution in [0.4, 0.5) is 0 Å². The first kappa shape index (κ1) is 16.0. The Morgan fingerprint density at radius 2 is 2.05 bits per heavy atom. The van der Waals surface area contributed by atoms with Gasteiger partial charge in [-0.3, -0.25) is 0 Å². The van der Waals surface area contributed by atoms with Crippen molar-refractivity contribution < 1.29 is 4.74 Å². The molecule has 1 atom stereocenters. The summed E-state index contributed by atoms with van der Waals surface area (Å²) in [4.78, 5) is 0. The number of nitrogens with two attached hydrogens (primary N) is 1. The highest BCUT2D eigenvalue weighted by molar-refractivity contribution is 5.43. The van der Waals surface area contributed by atoms with Crippen molar-refractivity contribution in [3.05, 3.63) is 28.8 Å². The molecule has 1 aromatic carbocycles. The zero-order chi connectivity index (χ0) is 14.3. The van der Waals surface area contributed by atoms with Crippen LogP contribution < -0.4 is 15.8 Å². The fraction of sp³-hybridized carbons (Fsp3) is 0.625. The second-order valence-electron chi connectivity index (χ2n) is 5.41. The summed E-state index contributed by atoms with van der Waals surface area (Å²) in [7, 11) is 1.75. The van der Waals surface area contributed by atoms with Gasteiger partial charge in [-0.2, -0.15) is 0 Å². The molecular formula is C16H28N2O. The highest BCUT2D eigenvalue weighted by Crippen LogP contribution is 2.25. The van der Waals surface area contributed by atoms with Crippen molar-refractivity contribution in [1.82, 2.24) is 5.32 Å². The van der Waals surface area contributed by atoms with Crippen LogP contribution in [0.15, 0.2) is 12.1 Å². The SMILES string of the molecule is COc1c(C)cc(C)cc1CCNCC(C)CCN. The van der Waals surface area contributed by atoms with Crippen molar-refractivity contribution >= 4 is 0 Å². The van der Waals surface area contributed by atoms with Gasteiger partial charge in [0.1, 0.15) is 5.75 Å². The molecule has 0 aromatic heterocycles. The van der Waals surface area contributed by atoms with Crippen LogP contribution in [0.2, 0.25) is 0 Å². The van der Waals surface area contributed by atoms with Crippen LogP contribution in [0, 0.1) is 19.8 Å². The molecule has 0 heterocycles. The van der Waals surface area contributed by atoms with E-state index in [0.29, 0.717) is 5.92 Å². The maximum Gasteiger partial charge on any atom is 0.125 e. The number of hydrogen-bond donors (Lipinski definition) is 2. The maximum absolute atomic E-state index is 5.55. The van der Waals surface area contributed by atoms with Gasteiger partial charge in [-0.1, -0.05) is 24.6 Å². The average molecular weight is 264 g/mol. The lowest BCUT2D eigenvalue weighted by Crippen LogP contribution is -2.25. The first-order chi connectivity index (χ1) is 9.08. The van der Waals surface area contributed by atoms with E-state index >= 15 is 0 Å². The zero-order valence-corrected chi connectivity index (χ0v) is 12.8. The smallest absolute Gasteiger partial charge is 0.125 e. The number of rotatable bonds is 8. The normalized spacial score (nSPS) is 12.5. The van der Waals surface area contributed by atoms with E-state index in [1.54, 1.807) is 7.11 Å². The minimum Gasteiger partial charge on any atom is -0.496 e. The maximum atomic E-state index is 5.55. The van der Waals surface area contributed by atoms with Crippen LogP contribution >= 0.6 is 0 Å². The Balaban J connectivity index is 2.49. The van der Waals surface area contributed by atoms with Gasteiger partial charge in [0.2, 0.25) is 0 Å². The summed E-state index contributed by atoms with van der Waals surface area (Å²) in [6.45, 7) is 9.25. The summed E-state index contributed by atoms with van der Waals surface area (Å²) < 4.78 is 5.50. The molecule has 0 radical (unpaired) electrons. The summed E-state index contributed by atoms with van der Waals surface area (Å²) >= 11 is 0. The molecule has 0 aliphatic rings. The van der Waals surface area contributed by atoms with Crippen LogP contribution in [0.25, 0.3) is 0 Å². The minimum absolute atomic E-state index is 0.645. The van der Waals surface area contributed by atoms with Crippen molar-refractivity contribution in [2.45, 2.75) is 33.6 Å². The fourth-order valence-corrected chi connectivity index (χ4v) is 2.48. The van der Waals surface area contributed by atoms with Crippen molar-refractivity contribution in [2.75, 3.05) is 26.7 Å². The number of methoxy groups -OCH3 is 1. The van der Waals surface area contributed by atoms with Gasteiger partial charge < -0.3 is 15.8 Å². The van der Waals surface area contributed by atoms with Gasteiger partial charge in [-0.25, -0.2) is 0 Å². The quantitative estimate of drug-likeness (QED) is 0.709. The standard InChI is InChI=1S/C16H28N2O/c1-12(5-7-17)11-18-8-6-15-10-13(2)9-14(3)16(15)19-4/h9-10,12,18H,5-8,11,17H2,1-4H3. The summed E-state index contributed by atoms with van der Waals surface area (Å²) in [5.74, 6) is 1.67. The highest BCUT2D eigenvalue weighted by atomic mass is 16.5. The molecule has 0 aliphatic carbocycles. The predicted octanol–water partition coefficient (Wildman–Crippen LogP) is 2.43. The Kier molecular flexibility index (Phi) is 6.89. The Hall–Kier alpha value is -1.06. The van der Waals surface area contributed by atoms with Gasteiger partial charge in [-0.05, 0) is 63.4 Å². The van der Waals surface area contributed by atoms with Gasteiger partial charge in [0.15, 0.2) is 0 Å². The third-order valence-electron chi connectivity index (χ3n) is 3.42. The molecular weight excluding hydrogens is 236 g/mol. The second-order valence-corrected chi connectivity index (χ2v) is 5.41. The molecule has 0 bridgehead atoms. The van der Waals surface area contributed by atoms with E-state index < -0.39 is 0 Å². The van der Waals surface area contributed by atoms with Crippen molar-refractivity contribution in [2.24, 2.45) is 11.7 Å². The monoisotopic (exact) mass is 264 g/mol. The van der Waals surface area contributed by atoms with E-state index in [1.165, 1.54) is 16.7 Å². The van der Waals surface area contributed by atoms with E-state index in [-0.39, 0.29) is 0 Å². The van der Waals surface area contributed by atoms with Crippen molar-refractivity contribution in [3.63, 3.8) is 0 Å². The van der Waals surface area contributed by atoms with E-state index in [2.05, 4.69) is 38.2 Å². The number of ether oxygens (including phenoxy) is 1. The topological polar surface area (TPSA) is 47.3 Å². The highest BCUT2D eigenvalue weighted by Gasteiger charge is 2.07. The van der Waals surface area contributed by atoms with Gasteiger partial charge in [0, 0.05) is 0 Å². The largest absolute Gasteiger partial charge is 0.496 e. The lowest BCUT2D eigenvalue weighted by atomic mass is 10.0. The molecule has 3 N–H and O–H groups in total. The van der Waals surface area contributed by atoms with E-state index in [9.17, 15) is 0 Å². The first-order valence-electron chi connectivity index (χ1n) is 7.13. The van der Waals surface area contributed by atoms with Crippen molar-refractivity contribution in [3.8, 4) is 5.75 Å². The third-order valence-corrected chi connectivity index (χ3v) is 3.42. The number of hydrogen-bond acceptors (Lipinski definition) is 3. The third kappa shape index (κ3) is 5.21. The molecule has 0 amide bonds. The predicted molar refractivity (Wildman–Crippen MR) is 81.9 cm³/mol. The molecule has 0 saturated carbocycles. The van der Waals surface area contributed by atoms with Crippen LogP contribution in [-0.4, -0.2) is 26.7 Å². The molecule has 0 saturated heterocycles. The molecule has 1 unspecified atom stereocenters. The first-order valence-corrected chi connectivity index (χ1v) is 7.13. The summed E-state index contributed by atoms with van der Waals surface area (Å²) in [5, 5.41) is 3.50. The minimum atomic E-state index is 0.645. The zero-order valence-electron chi connectivity index (χ0n) is 12.8. The van der Waals surface area contributed by atoms with E-state index in [1.807, 2.05) is 0 Å². The Labute approximate surface area is 117 Å². The molecule has 0 aliphatic heterocycles. The average Bonchev–Trinajstić information content (AvgIpc) is 2.34. The van der Waals surface area contributed by atoms with E-state index in [0.717, 1.165) is 38.2 Å². The van der Waals surface area contributed by atoms with Gasteiger partial charge in [-0.15, -0.1) is 0 Å². The number of nitrogens with one attached hydrogen (secondary N) is 1. The van der Waals surface area contributed by atoms with Crippen LogP contribution in [0.3, 0.4) is 0 Å².